The van der Waals surface area contributed by atoms with Crippen LogP contribution in [0.25, 0.3) is 0 Å². The summed E-state index contributed by atoms with van der Waals surface area (Å²) >= 11 is 0. The Bertz CT molecular complexity index is 217. The van der Waals surface area contributed by atoms with Gasteiger partial charge >= 0.3 is 0 Å². The molecular weight excluding hydrogens is 164 g/mol. The first-order valence-corrected chi connectivity index (χ1v) is 4.32. The van der Waals surface area contributed by atoms with Crippen LogP contribution in [-0.2, 0) is 4.79 Å². The van der Waals surface area contributed by atoms with Crippen LogP contribution in [0.1, 0.15) is 13.3 Å². The molecule has 3 heteroatoms. The molecule has 0 heterocycles. The highest BCUT2D eigenvalue weighted by Crippen LogP contribution is 1.90. The van der Waals surface area contributed by atoms with Gasteiger partial charge in [0.25, 0.3) is 0 Å². The molecule has 0 amide bonds. The van der Waals surface area contributed by atoms with Crippen molar-refractivity contribution in [1.29, 1.82) is 0 Å². The number of hydrogen-bond donors (Lipinski definition) is 0. The zero-order chi connectivity index (χ0) is 10.3. The minimum absolute atomic E-state index is 0.116. The predicted octanol–water partition coefficient (Wildman–Crippen LogP) is 1.15. The first kappa shape index (κ1) is 12.0. The van der Waals surface area contributed by atoms with Gasteiger partial charge in [0.1, 0.15) is 0 Å². The SMILES string of the molecule is CN=C(C)CC(=O)/C=C/CN(C)C. The van der Waals surface area contributed by atoms with Gasteiger partial charge in [-0.25, -0.2) is 0 Å². The second kappa shape index (κ2) is 6.54. The molecule has 0 aliphatic rings. The van der Waals surface area contributed by atoms with Gasteiger partial charge in [-0.15, -0.1) is 0 Å². The van der Waals surface area contributed by atoms with Crippen molar-refractivity contribution in [2.24, 2.45) is 4.99 Å². The minimum atomic E-state index is 0.116. The monoisotopic (exact) mass is 182 g/mol. The van der Waals surface area contributed by atoms with Crippen LogP contribution >= 0.6 is 0 Å². The molecule has 74 valence electrons. The molecule has 0 rings (SSSR count). The average Bonchev–Trinajstić information content (AvgIpc) is 2.03. The fourth-order valence-corrected chi connectivity index (χ4v) is 0.785. The summed E-state index contributed by atoms with van der Waals surface area (Å²) in [6.07, 6.45) is 3.92. The van der Waals surface area contributed by atoms with Crippen molar-refractivity contribution in [3.8, 4) is 0 Å². The van der Waals surface area contributed by atoms with Crippen LogP contribution in [0.15, 0.2) is 17.1 Å². The molecule has 0 unspecified atom stereocenters. The zero-order valence-electron chi connectivity index (χ0n) is 8.87. The molecule has 0 aromatic rings. The van der Waals surface area contributed by atoms with Crippen LogP contribution in [-0.4, -0.2) is 44.1 Å². The summed E-state index contributed by atoms with van der Waals surface area (Å²) < 4.78 is 0. The lowest BCUT2D eigenvalue weighted by atomic mass is 10.2. The smallest absolute Gasteiger partial charge is 0.160 e. The third kappa shape index (κ3) is 7.40. The van der Waals surface area contributed by atoms with Crippen molar-refractivity contribution >= 4 is 11.5 Å². The van der Waals surface area contributed by atoms with Crippen molar-refractivity contribution < 1.29 is 4.79 Å². The van der Waals surface area contributed by atoms with Crippen LogP contribution in [0.5, 0.6) is 0 Å². The van der Waals surface area contributed by atoms with E-state index in [9.17, 15) is 4.79 Å². The Hall–Kier alpha value is -0.960. The summed E-state index contributed by atoms with van der Waals surface area (Å²) in [4.78, 5) is 17.1. The molecule has 0 aliphatic carbocycles. The van der Waals surface area contributed by atoms with Crippen molar-refractivity contribution in [3.63, 3.8) is 0 Å². The van der Waals surface area contributed by atoms with E-state index >= 15 is 0 Å². The molecule has 0 bridgehead atoms. The van der Waals surface area contributed by atoms with Crippen molar-refractivity contribution in [1.82, 2.24) is 4.90 Å². The standard InChI is InChI=1S/C10H18N2O/c1-9(11-2)8-10(13)6-5-7-12(3)4/h5-6H,7-8H2,1-4H3/b6-5+,11-9?. The molecule has 3 nitrogen and oxygen atoms in total. The van der Waals surface area contributed by atoms with Crippen molar-refractivity contribution in [3.05, 3.63) is 12.2 Å². The summed E-state index contributed by atoms with van der Waals surface area (Å²) in [5.41, 5.74) is 0.875. The number of nitrogens with zero attached hydrogens (tertiary/aromatic N) is 2. The number of likely N-dealkylation sites (N-methyl/N-ethyl adjacent to an activating group) is 1. The number of carbonyl (C=O) groups excluding carboxylic acids is 1. The molecule has 13 heavy (non-hydrogen) atoms. The quantitative estimate of drug-likeness (QED) is 0.472. The zero-order valence-corrected chi connectivity index (χ0v) is 8.87. The highest BCUT2D eigenvalue weighted by molar-refractivity contribution is 6.05. The summed E-state index contributed by atoms with van der Waals surface area (Å²) in [7, 11) is 5.63. The van der Waals surface area contributed by atoms with E-state index in [0.29, 0.717) is 6.42 Å². The lowest BCUT2D eigenvalue weighted by Crippen LogP contribution is -2.11. The van der Waals surface area contributed by atoms with E-state index in [1.54, 1.807) is 13.1 Å². The summed E-state index contributed by atoms with van der Waals surface area (Å²) in [5, 5.41) is 0. The number of aliphatic imine (C=N–C) groups is 1. The molecule has 0 aromatic carbocycles. The number of rotatable bonds is 5. The fraction of sp³-hybridized carbons (Fsp3) is 0.600. The van der Waals surface area contributed by atoms with Gasteiger partial charge in [-0.05, 0) is 27.1 Å². The molecule has 0 radical (unpaired) electrons. The highest BCUT2D eigenvalue weighted by Gasteiger charge is 1.97. The van der Waals surface area contributed by atoms with Gasteiger partial charge in [0, 0.05) is 25.7 Å². The minimum Gasteiger partial charge on any atom is -0.306 e. The van der Waals surface area contributed by atoms with E-state index in [4.69, 9.17) is 0 Å². The molecular formula is C10H18N2O. The molecule has 0 fully saturated rings. The van der Waals surface area contributed by atoms with E-state index < -0.39 is 0 Å². The Kier molecular flexibility index (Phi) is 6.06. The predicted molar refractivity (Wildman–Crippen MR) is 56.4 cm³/mol. The van der Waals surface area contributed by atoms with Gasteiger partial charge in [0.15, 0.2) is 5.78 Å². The summed E-state index contributed by atoms with van der Waals surface area (Å²) in [6.45, 7) is 2.66. The topological polar surface area (TPSA) is 32.7 Å². The molecule has 0 saturated carbocycles. The van der Waals surface area contributed by atoms with E-state index in [1.165, 1.54) is 0 Å². The first-order chi connectivity index (χ1) is 6.06. The van der Waals surface area contributed by atoms with Crippen LogP contribution in [0, 0.1) is 0 Å². The number of allylic oxidation sites excluding steroid dienone is 1. The van der Waals surface area contributed by atoms with E-state index in [-0.39, 0.29) is 5.78 Å². The maximum Gasteiger partial charge on any atom is 0.160 e. The Labute approximate surface area is 80.2 Å². The normalized spacial score (nSPS) is 12.8. The van der Waals surface area contributed by atoms with E-state index in [2.05, 4.69) is 4.99 Å². The van der Waals surface area contributed by atoms with Gasteiger partial charge in [0.2, 0.25) is 0 Å². The Morgan fingerprint density at radius 1 is 1.46 bits per heavy atom. The van der Waals surface area contributed by atoms with Crippen LogP contribution < -0.4 is 0 Å². The van der Waals surface area contributed by atoms with Crippen LogP contribution in [0.2, 0.25) is 0 Å². The maximum atomic E-state index is 11.2. The van der Waals surface area contributed by atoms with Gasteiger partial charge < -0.3 is 4.90 Å². The maximum absolute atomic E-state index is 11.2. The Morgan fingerprint density at radius 3 is 2.54 bits per heavy atom. The fourth-order valence-electron chi connectivity index (χ4n) is 0.785. The third-order valence-corrected chi connectivity index (χ3v) is 1.59. The Morgan fingerprint density at radius 2 is 2.08 bits per heavy atom. The number of ketones is 1. The van der Waals surface area contributed by atoms with Gasteiger partial charge in [0.05, 0.1) is 0 Å². The van der Waals surface area contributed by atoms with Gasteiger partial charge in [-0.3, -0.25) is 9.79 Å². The molecule has 0 saturated heterocycles. The second-order valence-corrected chi connectivity index (χ2v) is 3.27. The van der Waals surface area contributed by atoms with Crippen LogP contribution in [0.4, 0.5) is 0 Å². The second-order valence-electron chi connectivity index (χ2n) is 3.27. The van der Waals surface area contributed by atoms with E-state index in [0.717, 1.165) is 12.3 Å². The molecule has 0 atom stereocenters. The van der Waals surface area contributed by atoms with E-state index in [1.807, 2.05) is 32.0 Å². The number of carbonyl (C=O) groups is 1. The Balaban J connectivity index is 3.81. The van der Waals surface area contributed by atoms with Crippen molar-refractivity contribution in [2.75, 3.05) is 27.7 Å². The third-order valence-electron chi connectivity index (χ3n) is 1.59. The average molecular weight is 182 g/mol. The summed E-state index contributed by atoms with van der Waals surface area (Å²) in [6, 6.07) is 0. The lowest BCUT2D eigenvalue weighted by molar-refractivity contribution is -0.113. The summed E-state index contributed by atoms with van der Waals surface area (Å²) in [5.74, 6) is 0.116. The van der Waals surface area contributed by atoms with Gasteiger partial charge in [-0.2, -0.15) is 0 Å². The molecule has 0 aliphatic heterocycles. The van der Waals surface area contributed by atoms with Crippen LogP contribution in [0.3, 0.4) is 0 Å². The highest BCUT2D eigenvalue weighted by atomic mass is 16.1. The van der Waals surface area contributed by atoms with Crippen molar-refractivity contribution in [2.45, 2.75) is 13.3 Å². The largest absolute Gasteiger partial charge is 0.306 e. The number of hydrogen-bond acceptors (Lipinski definition) is 3. The molecule has 0 N–H and O–H groups in total. The molecule has 0 aromatic heterocycles. The van der Waals surface area contributed by atoms with Gasteiger partial charge in [-0.1, -0.05) is 6.08 Å². The molecule has 0 spiro atoms. The lowest BCUT2D eigenvalue weighted by Gasteiger charge is -2.03. The first-order valence-electron chi connectivity index (χ1n) is 4.32.